The highest BCUT2D eigenvalue weighted by atomic mass is 16.5. The largest absolute Gasteiger partial charge is 0.381 e. The van der Waals surface area contributed by atoms with Crippen LogP contribution in [0.2, 0.25) is 0 Å². The summed E-state index contributed by atoms with van der Waals surface area (Å²) in [6.45, 7) is 8.75. The van der Waals surface area contributed by atoms with Crippen molar-refractivity contribution < 1.29 is 4.74 Å². The molecule has 1 aliphatic rings. The van der Waals surface area contributed by atoms with E-state index in [1.165, 1.54) is 6.42 Å². The molecular weight excluding hydrogens is 112 g/mol. The van der Waals surface area contributed by atoms with E-state index in [1.807, 2.05) is 0 Å². The van der Waals surface area contributed by atoms with E-state index in [0.29, 0.717) is 5.41 Å². The van der Waals surface area contributed by atoms with Crippen LogP contribution in [0.4, 0.5) is 0 Å². The molecule has 0 spiro atoms. The quantitative estimate of drug-likeness (QED) is 0.525. The van der Waals surface area contributed by atoms with Gasteiger partial charge in [0.1, 0.15) is 0 Å². The summed E-state index contributed by atoms with van der Waals surface area (Å²) in [5, 5.41) is 0. The first-order chi connectivity index (χ1) is 4.19. The highest BCUT2D eigenvalue weighted by Gasteiger charge is 2.34. The van der Waals surface area contributed by atoms with Gasteiger partial charge >= 0.3 is 0 Å². The smallest absolute Gasteiger partial charge is 0.0523 e. The maximum atomic E-state index is 5.36. The Balaban J connectivity index is 2.56. The lowest BCUT2D eigenvalue weighted by atomic mass is 9.79. The Morgan fingerprint density at radius 2 is 2.33 bits per heavy atom. The summed E-state index contributed by atoms with van der Waals surface area (Å²) in [4.78, 5) is 0. The molecule has 9 heavy (non-hydrogen) atoms. The number of rotatable bonds is 1. The van der Waals surface area contributed by atoms with Crippen molar-refractivity contribution >= 4 is 0 Å². The lowest BCUT2D eigenvalue weighted by molar-refractivity contribution is 0.157. The molecule has 1 rings (SSSR count). The molecule has 1 fully saturated rings. The maximum Gasteiger partial charge on any atom is 0.0523 e. The molecule has 0 saturated carbocycles. The SMILES string of the molecule is CC[C@@]1(C)COC[C@@H]1C. The second kappa shape index (κ2) is 2.30. The van der Waals surface area contributed by atoms with E-state index in [0.717, 1.165) is 19.1 Å². The van der Waals surface area contributed by atoms with E-state index in [4.69, 9.17) is 4.74 Å². The highest BCUT2D eigenvalue weighted by Crippen LogP contribution is 2.36. The highest BCUT2D eigenvalue weighted by molar-refractivity contribution is 4.82. The van der Waals surface area contributed by atoms with Gasteiger partial charge in [0.2, 0.25) is 0 Å². The van der Waals surface area contributed by atoms with Gasteiger partial charge in [-0.2, -0.15) is 0 Å². The van der Waals surface area contributed by atoms with Crippen molar-refractivity contribution in [3.8, 4) is 0 Å². The van der Waals surface area contributed by atoms with Crippen LogP contribution in [0.5, 0.6) is 0 Å². The summed E-state index contributed by atoms with van der Waals surface area (Å²) in [6, 6.07) is 0. The lowest BCUT2D eigenvalue weighted by Crippen LogP contribution is -2.22. The third-order valence-electron chi connectivity index (χ3n) is 2.80. The van der Waals surface area contributed by atoms with E-state index in [2.05, 4.69) is 20.8 Å². The van der Waals surface area contributed by atoms with Gasteiger partial charge in [0.15, 0.2) is 0 Å². The molecular formula is C8H16O. The molecule has 0 unspecified atom stereocenters. The van der Waals surface area contributed by atoms with Gasteiger partial charge in [0, 0.05) is 6.61 Å². The summed E-state index contributed by atoms with van der Waals surface area (Å²) in [6.07, 6.45) is 1.24. The Bertz CT molecular complexity index is 101. The van der Waals surface area contributed by atoms with Gasteiger partial charge < -0.3 is 4.74 Å². The zero-order chi connectivity index (χ0) is 6.91. The Labute approximate surface area is 57.4 Å². The first kappa shape index (κ1) is 7.07. The second-order valence-corrected chi connectivity index (χ2v) is 3.42. The minimum Gasteiger partial charge on any atom is -0.381 e. The first-order valence-corrected chi connectivity index (χ1v) is 3.77. The Kier molecular flexibility index (Phi) is 1.80. The molecule has 1 heterocycles. The summed E-state index contributed by atoms with van der Waals surface area (Å²) in [5.41, 5.74) is 0.472. The molecule has 1 heteroatoms. The van der Waals surface area contributed by atoms with Crippen molar-refractivity contribution in [2.75, 3.05) is 13.2 Å². The molecule has 54 valence electrons. The Hall–Kier alpha value is -0.0400. The minimum absolute atomic E-state index is 0.472. The predicted molar refractivity (Wildman–Crippen MR) is 38.4 cm³/mol. The molecule has 1 saturated heterocycles. The Morgan fingerprint density at radius 3 is 2.56 bits per heavy atom. The zero-order valence-electron chi connectivity index (χ0n) is 6.61. The van der Waals surface area contributed by atoms with Crippen LogP contribution < -0.4 is 0 Å². The van der Waals surface area contributed by atoms with Crippen LogP contribution in [0, 0.1) is 11.3 Å². The lowest BCUT2D eigenvalue weighted by Gasteiger charge is -2.24. The molecule has 0 N–H and O–H groups in total. The van der Waals surface area contributed by atoms with Crippen LogP contribution in [0.1, 0.15) is 27.2 Å². The summed E-state index contributed by atoms with van der Waals surface area (Å²) in [7, 11) is 0. The predicted octanol–water partition coefficient (Wildman–Crippen LogP) is 2.07. The van der Waals surface area contributed by atoms with E-state index in [-0.39, 0.29) is 0 Å². The third kappa shape index (κ3) is 1.11. The van der Waals surface area contributed by atoms with Gasteiger partial charge in [-0.25, -0.2) is 0 Å². The fourth-order valence-electron chi connectivity index (χ4n) is 1.26. The normalized spacial score (nSPS) is 43.7. The van der Waals surface area contributed by atoms with Gasteiger partial charge in [0.05, 0.1) is 6.61 Å². The van der Waals surface area contributed by atoms with Crippen molar-refractivity contribution in [1.29, 1.82) is 0 Å². The van der Waals surface area contributed by atoms with Crippen LogP contribution in [-0.4, -0.2) is 13.2 Å². The monoisotopic (exact) mass is 128 g/mol. The number of hydrogen-bond acceptors (Lipinski definition) is 1. The number of ether oxygens (including phenoxy) is 1. The van der Waals surface area contributed by atoms with Crippen LogP contribution in [0.15, 0.2) is 0 Å². The van der Waals surface area contributed by atoms with Crippen LogP contribution in [0.25, 0.3) is 0 Å². The van der Waals surface area contributed by atoms with Crippen LogP contribution in [-0.2, 0) is 4.74 Å². The molecule has 0 aromatic heterocycles. The average molecular weight is 128 g/mol. The van der Waals surface area contributed by atoms with Gasteiger partial charge in [-0.15, -0.1) is 0 Å². The number of hydrogen-bond donors (Lipinski definition) is 0. The minimum atomic E-state index is 0.472. The maximum absolute atomic E-state index is 5.36. The molecule has 0 amide bonds. The summed E-state index contributed by atoms with van der Waals surface area (Å²) >= 11 is 0. The van der Waals surface area contributed by atoms with Crippen LogP contribution in [0.3, 0.4) is 0 Å². The molecule has 1 aliphatic heterocycles. The van der Waals surface area contributed by atoms with Gasteiger partial charge in [-0.05, 0) is 17.8 Å². The van der Waals surface area contributed by atoms with E-state index >= 15 is 0 Å². The summed E-state index contributed by atoms with van der Waals surface area (Å²) < 4.78 is 5.36. The molecule has 0 aromatic carbocycles. The van der Waals surface area contributed by atoms with E-state index < -0.39 is 0 Å². The van der Waals surface area contributed by atoms with Gasteiger partial charge in [0.25, 0.3) is 0 Å². The van der Waals surface area contributed by atoms with Crippen molar-refractivity contribution in [3.63, 3.8) is 0 Å². The zero-order valence-corrected chi connectivity index (χ0v) is 6.61. The van der Waals surface area contributed by atoms with Crippen molar-refractivity contribution in [2.24, 2.45) is 11.3 Å². The first-order valence-electron chi connectivity index (χ1n) is 3.77. The van der Waals surface area contributed by atoms with Gasteiger partial charge in [-0.3, -0.25) is 0 Å². The Morgan fingerprint density at radius 1 is 1.67 bits per heavy atom. The topological polar surface area (TPSA) is 9.23 Å². The van der Waals surface area contributed by atoms with Crippen LogP contribution >= 0.6 is 0 Å². The molecule has 0 bridgehead atoms. The van der Waals surface area contributed by atoms with Crippen molar-refractivity contribution in [2.45, 2.75) is 27.2 Å². The molecule has 1 nitrogen and oxygen atoms in total. The fourth-order valence-corrected chi connectivity index (χ4v) is 1.26. The average Bonchev–Trinajstić information content (AvgIpc) is 2.15. The molecule has 0 radical (unpaired) electrons. The van der Waals surface area contributed by atoms with Crippen molar-refractivity contribution in [3.05, 3.63) is 0 Å². The van der Waals surface area contributed by atoms with Crippen molar-refractivity contribution in [1.82, 2.24) is 0 Å². The van der Waals surface area contributed by atoms with E-state index in [9.17, 15) is 0 Å². The summed E-state index contributed by atoms with van der Waals surface area (Å²) in [5.74, 6) is 0.752. The third-order valence-corrected chi connectivity index (χ3v) is 2.80. The molecule has 0 aromatic rings. The molecule has 0 aliphatic carbocycles. The van der Waals surface area contributed by atoms with E-state index in [1.54, 1.807) is 0 Å². The standard InChI is InChI=1S/C8H16O/c1-4-8(3)6-9-5-7(8)2/h7H,4-6H2,1-3H3/t7-,8-/m0/s1. The fraction of sp³-hybridized carbons (Fsp3) is 1.00. The second-order valence-electron chi connectivity index (χ2n) is 3.42. The van der Waals surface area contributed by atoms with Gasteiger partial charge in [-0.1, -0.05) is 20.8 Å². The molecule has 2 atom stereocenters.